The van der Waals surface area contributed by atoms with E-state index in [0.717, 1.165) is 42.3 Å². The van der Waals surface area contributed by atoms with E-state index in [-0.39, 0.29) is 11.8 Å². The van der Waals surface area contributed by atoms with E-state index in [4.69, 9.17) is 12.3 Å². The van der Waals surface area contributed by atoms with E-state index in [1.165, 1.54) is 0 Å². The highest BCUT2D eigenvalue weighted by Crippen LogP contribution is 2.31. The number of nitrogens with zero attached hydrogens (tertiary/aromatic N) is 3. The molecule has 0 spiro atoms. The molecule has 1 amide bonds. The summed E-state index contributed by atoms with van der Waals surface area (Å²) in [5, 5.41) is 3.01. The zero-order valence-electron chi connectivity index (χ0n) is 12.0. The zero-order chi connectivity index (χ0) is 15.5. The molecule has 0 unspecified atom stereocenters. The van der Waals surface area contributed by atoms with Crippen LogP contribution in [0.15, 0.2) is 29.6 Å². The number of carbonyl (C=O) groups is 1. The number of piperidine rings is 1. The molecule has 2 N–H and O–H groups in total. The van der Waals surface area contributed by atoms with Gasteiger partial charge < -0.3 is 10.6 Å². The molecule has 0 atom stereocenters. The molecular formula is C16H16N4OS. The van der Waals surface area contributed by atoms with Gasteiger partial charge in [0.05, 0.1) is 12.3 Å². The summed E-state index contributed by atoms with van der Waals surface area (Å²) in [6, 6.07) is 7.45. The zero-order valence-corrected chi connectivity index (χ0v) is 12.8. The minimum absolute atomic E-state index is 0.00292. The molecule has 0 radical (unpaired) electrons. The largest absolute Gasteiger partial charge is 0.369 e. The SMILES string of the molecule is [C-]#[N+]c1ccc(-c2csc(N3CCC(C(N)=O)CC3)n2)cc1. The van der Waals surface area contributed by atoms with Gasteiger partial charge in [-0.15, -0.1) is 11.3 Å². The maximum absolute atomic E-state index is 11.2. The van der Waals surface area contributed by atoms with Gasteiger partial charge in [-0.1, -0.05) is 24.3 Å². The lowest BCUT2D eigenvalue weighted by atomic mass is 9.97. The minimum atomic E-state index is -0.195. The Bertz CT molecular complexity index is 708. The summed E-state index contributed by atoms with van der Waals surface area (Å²) >= 11 is 1.61. The van der Waals surface area contributed by atoms with Crippen LogP contribution in [0.2, 0.25) is 0 Å². The first-order valence-electron chi connectivity index (χ1n) is 7.15. The molecule has 1 aromatic heterocycles. The molecule has 3 rings (SSSR count). The fourth-order valence-electron chi connectivity index (χ4n) is 2.60. The third kappa shape index (κ3) is 2.95. The lowest BCUT2D eigenvalue weighted by Gasteiger charge is -2.30. The molecule has 1 fully saturated rings. The number of primary amides is 1. The molecular weight excluding hydrogens is 296 g/mol. The van der Waals surface area contributed by atoms with Crippen LogP contribution in [0, 0.1) is 12.5 Å². The summed E-state index contributed by atoms with van der Waals surface area (Å²) in [5.41, 5.74) is 7.94. The molecule has 112 valence electrons. The summed E-state index contributed by atoms with van der Waals surface area (Å²) in [6.45, 7) is 8.61. The molecule has 2 heterocycles. The Hall–Kier alpha value is -2.39. The fraction of sp³-hybridized carbons (Fsp3) is 0.312. The summed E-state index contributed by atoms with van der Waals surface area (Å²) in [6.07, 6.45) is 1.59. The number of amides is 1. The lowest BCUT2D eigenvalue weighted by Crippen LogP contribution is -2.38. The summed E-state index contributed by atoms with van der Waals surface area (Å²) < 4.78 is 0. The fourth-order valence-corrected chi connectivity index (χ4v) is 3.49. The second-order valence-corrected chi connectivity index (χ2v) is 6.17. The van der Waals surface area contributed by atoms with Crippen LogP contribution in [-0.2, 0) is 4.79 Å². The van der Waals surface area contributed by atoms with E-state index in [9.17, 15) is 4.79 Å². The Morgan fingerprint density at radius 1 is 1.32 bits per heavy atom. The number of thiazole rings is 1. The average Bonchev–Trinajstić information content (AvgIpc) is 3.05. The first kappa shape index (κ1) is 14.5. The van der Waals surface area contributed by atoms with Crippen molar-refractivity contribution in [1.29, 1.82) is 0 Å². The van der Waals surface area contributed by atoms with Crippen molar-refractivity contribution >= 4 is 28.1 Å². The number of hydrogen-bond donors (Lipinski definition) is 1. The monoisotopic (exact) mass is 312 g/mol. The number of anilines is 1. The molecule has 1 saturated heterocycles. The van der Waals surface area contributed by atoms with E-state index in [1.807, 2.05) is 17.5 Å². The molecule has 0 bridgehead atoms. The van der Waals surface area contributed by atoms with Gasteiger partial charge in [0.15, 0.2) is 10.8 Å². The number of carbonyl (C=O) groups excluding carboxylic acids is 1. The first-order chi connectivity index (χ1) is 10.7. The molecule has 0 aliphatic carbocycles. The van der Waals surface area contributed by atoms with Crippen LogP contribution in [0.1, 0.15) is 12.8 Å². The van der Waals surface area contributed by atoms with E-state index < -0.39 is 0 Å². The Balaban J connectivity index is 1.71. The van der Waals surface area contributed by atoms with Crippen LogP contribution in [0.3, 0.4) is 0 Å². The highest BCUT2D eigenvalue weighted by atomic mass is 32.1. The predicted molar refractivity (Wildman–Crippen MR) is 87.9 cm³/mol. The normalized spacial score (nSPS) is 15.5. The Kier molecular flexibility index (Phi) is 4.07. The molecule has 0 saturated carbocycles. The van der Waals surface area contributed by atoms with Gasteiger partial charge in [-0.3, -0.25) is 4.79 Å². The molecule has 2 aromatic rings. The highest BCUT2D eigenvalue weighted by Gasteiger charge is 2.24. The van der Waals surface area contributed by atoms with Gasteiger partial charge in [0, 0.05) is 24.4 Å². The van der Waals surface area contributed by atoms with Gasteiger partial charge >= 0.3 is 0 Å². The van der Waals surface area contributed by atoms with Crippen LogP contribution < -0.4 is 10.6 Å². The van der Waals surface area contributed by atoms with E-state index in [0.29, 0.717) is 5.69 Å². The predicted octanol–water partition coefficient (Wildman–Crippen LogP) is 3.06. The minimum Gasteiger partial charge on any atom is -0.369 e. The smallest absolute Gasteiger partial charge is 0.220 e. The summed E-state index contributed by atoms with van der Waals surface area (Å²) in [5.74, 6) is -0.198. The second kappa shape index (κ2) is 6.16. The molecule has 1 aliphatic rings. The number of rotatable bonds is 3. The van der Waals surface area contributed by atoms with Crippen molar-refractivity contribution in [2.75, 3.05) is 18.0 Å². The maximum atomic E-state index is 11.2. The Morgan fingerprint density at radius 3 is 2.59 bits per heavy atom. The van der Waals surface area contributed by atoms with Crippen molar-refractivity contribution < 1.29 is 4.79 Å². The van der Waals surface area contributed by atoms with Crippen LogP contribution in [0.25, 0.3) is 16.1 Å². The van der Waals surface area contributed by atoms with Crippen LogP contribution in [0.4, 0.5) is 10.8 Å². The molecule has 6 heteroatoms. The van der Waals surface area contributed by atoms with Crippen molar-refractivity contribution in [2.45, 2.75) is 12.8 Å². The quantitative estimate of drug-likeness (QED) is 0.886. The van der Waals surface area contributed by atoms with Gasteiger partial charge in [0.1, 0.15) is 0 Å². The van der Waals surface area contributed by atoms with Crippen molar-refractivity contribution in [3.05, 3.63) is 41.1 Å². The third-order valence-corrected chi connectivity index (χ3v) is 4.85. The number of aromatic nitrogens is 1. The Labute approximate surface area is 133 Å². The second-order valence-electron chi connectivity index (χ2n) is 5.34. The van der Waals surface area contributed by atoms with E-state index in [2.05, 4.69) is 14.7 Å². The molecule has 1 aromatic carbocycles. The molecule has 5 nitrogen and oxygen atoms in total. The van der Waals surface area contributed by atoms with Crippen LogP contribution in [-0.4, -0.2) is 24.0 Å². The van der Waals surface area contributed by atoms with E-state index >= 15 is 0 Å². The van der Waals surface area contributed by atoms with Gasteiger partial charge in [-0.2, -0.15) is 0 Å². The average molecular weight is 312 g/mol. The Morgan fingerprint density at radius 2 is 2.00 bits per heavy atom. The highest BCUT2D eigenvalue weighted by molar-refractivity contribution is 7.14. The van der Waals surface area contributed by atoms with Crippen LogP contribution in [0.5, 0.6) is 0 Å². The topological polar surface area (TPSA) is 63.6 Å². The first-order valence-corrected chi connectivity index (χ1v) is 8.03. The van der Waals surface area contributed by atoms with Gasteiger partial charge in [0.2, 0.25) is 5.91 Å². The van der Waals surface area contributed by atoms with Crippen LogP contribution >= 0.6 is 11.3 Å². The van der Waals surface area contributed by atoms with E-state index in [1.54, 1.807) is 23.5 Å². The molecule has 22 heavy (non-hydrogen) atoms. The van der Waals surface area contributed by atoms with Crippen molar-refractivity contribution in [1.82, 2.24) is 4.98 Å². The standard InChI is InChI=1S/C16H16N4OS/c1-18-13-4-2-11(3-5-13)14-10-22-16(19-14)20-8-6-12(7-9-20)15(17)21/h2-5,10,12H,6-9H2,(H2,17,21). The summed E-state index contributed by atoms with van der Waals surface area (Å²) in [7, 11) is 0. The lowest BCUT2D eigenvalue weighted by molar-refractivity contribution is -0.122. The number of hydrogen-bond acceptors (Lipinski definition) is 4. The van der Waals surface area contributed by atoms with Gasteiger partial charge in [0.25, 0.3) is 0 Å². The number of benzene rings is 1. The van der Waals surface area contributed by atoms with Crippen molar-refractivity contribution in [2.24, 2.45) is 11.7 Å². The molecule has 1 aliphatic heterocycles. The maximum Gasteiger partial charge on any atom is 0.220 e. The summed E-state index contributed by atoms with van der Waals surface area (Å²) in [4.78, 5) is 21.5. The number of nitrogens with two attached hydrogens (primary N) is 1. The van der Waals surface area contributed by atoms with Gasteiger partial charge in [-0.05, 0) is 18.4 Å². The van der Waals surface area contributed by atoms with Crippen molar-refractivity contribution in [3.63, 3.8) is 0 Å². The van der Waals surface area contributed by atoms with Crippen molar-refractivity contribution in [3.8, 4) is 11.3 Å². The van der Waals surface area contributed by atoms with Gasteiger partial charge in [-0.25, -0.2) is 9.83 Å². The third-order valence-electron chi connectivity index (χ3n) is 3.95.